The summed E-state index contributed by atoms with van der Waals surface area (Å²) in [5, 5.41) is 20.2. The first-order valence-corrected chi connectivity index (χ1v) is 7.27. The van der Waals surface area contributed by atoms with Gasteiger partial charge < -0.3 is 10.0 Å². The molecule has 1 rings (SSSR count). The van der Waals surface area contributed by atoms with E-state index in [4.69, 9.17) is 5.11 Å². The number of nitrogens with zero attached hydrogens (tertiary/aromatic N) is 2. The number of carbonyl (C=O) groups is 1. The topological polar surface area (TPSA) is 83.7 Å². The molecule has 1 N–H and O–H groups in total. The second kappa shape index (κ2) is 8.24. The minimum absolute atomic E-state index is 0.0589. The highest BCUT2D eigenvalue weighted by Crippen LogP contribution is 2.30. The Morgan fingerprint density at radius 3 is 2.24 bits per heavy atom. The van der Waals surface area contributed by atoms with Crippen molar-refractivity contribution in [3.8, 4) is 0 Å². The van der Waals surface area contributed by atoms with Crippen molar-refractivity contribution in [2.45, 2.75) is 39.5 Å². The van der Waals surface area contributed by atoms with E-state index < -0.39 is 10.9 Å². The summed E-state index contributed by atoms with van der Waals surface area (Å²) in [6, 6.07) is 4.12. The Morgan fingerprint density at radius 2 is 1.81 bits per heavy atom. The number of anilines is 1. The normalized spacial score (nSPS) is 10.4. The van der Waals surface area contributed by atoms with Crippen LogP contribution in [0.1, 0.15) is 49.9 Å². The lowest BCUT2D eigenvalue weighted by Crippen LogP contribution is -2.26. The minimum atomic E-state index is -1.15. The van der Waals surface area contributed by atoms with Crippen LogP contribution in [0.25, 0.3) is 0 Å². The molecule has 0 aliphatic rings. The molecule has 0 aromatic heterocycles. The number of benzene rings is 1. The zero-order chi connectivity index (χ0) is 15.8. The molecule has 0 bridgehead atoms. The van der Waals surface area contributed by atoms with Crippen LogP contribution >= 0.6 is 0 Å². The molecule has 0 fully saturated rings. The molecular formula is C15H22N2O4. The number of unbranched alkanes of at least 4 members (excludes halogenated alkanes) is 2. The average Bonchev–Trinajstić information content (AvgIpc) is 2.46. The van der Waals surface area contributed by atoms with E-state index in [1.807, 2.05) is 4.90 Å². The van der Waals surface area contributed by atoms with Gasteiger partial charge >= 0.3 is 5.97 Å². The molecule has 0 heterocycles. The van der Waals surface area contributed by atoms with E-state index in [1.165, 1.54) is 6.07 Å². The van der Waals surface area contributed by atoms with Gasteiger partial charge in [0.1, 0.15) is 5.69 Å². The summed E-state index contributed by atoms with van der Waals surface area (Å²) in [7, 11) is 0. The van der Waals surface area contributed by atoms with Crippen molar-refractivity contribution in [1.82, 2.24) is 0 Å². The lowest BCUT2D eigenvalue weighted by atomic mass is 10.1. The minimum Gasteiger partial charge on any atom is -0.478 e. The van der Waals surface area contributed by atoms with Gasteiger partial charge in [0.15, 0.2) is 0 Å². The maximum Gasteiger partial charge on any atom is 0.335 e. The molecule has 6 heteroatoms. The second-order valence-corrected chi connectivity index (χ2v) is 4.96. The first kappa shape index (κ1) is 16.9. The lowest BCUT2D eigenvalue weighted by Gasteiger charge is -2.24. The van der Waals surface area contributed by atoms with Crippen LogP contribution in [0, 0.1) is 10.1 Å². The molecular weight excluding hydrogens is 272 g/mol. The molecule has 0 atom stereocenters. The van der Waals surface area contributed by atoms with Crippen LogP contribution in [-0.2, 0) is 0 Å². The Balaban J connectivity index is 3.15. The zero-order valence-electron chi connectivity index (χ0n) is 12.5. The highest BCUT2D eigenvalue weighted by molar-refractivity contribution is 5.89. The Morgan fingerprint density at radius 1 is 1.24 bits per heavy atom. The van der Waals surface area contributed by atoms with Crippen LogP contribution in [0.3, 0.4) is 0 Å². The summed E-state index contributed by atoms with van der Waals surface area (Å²) in [6.45, 7) is 5.62. The van der Waals surface area contributed by atoms with Gasteiger partial charge in [0, 0.05) is 19.2 Å². The van der Waals surface area contributed by atoms with Gasteiger partial charge in [-0.25, -0.2) is 4.79 Å². The van der Waals surface area contributed by atoms with E-state index in [0.717, 1.165) is 44.8 Å². The molecule has 0 unspecified atom stereocenters. The van der Waals surface area contributed by atoms with Crippen molar-refractivity contribution in [3.05, 3.63) is 33.9 Å². The maximum atomic E-state index is 11.2. The zero-order valence-corrected chi connectivity index (χ0v) is 12.5. The Hall–Kier alpha value is -2.11. The Bertz CT molecular complexity index is 494. The average molecular weight is 294 g/mol. The van der Waals surface area contributed by atoms with Gasteiger partial charge in [-0.15, -0.1) is 0 Å². The summed E-state index contributed by atoms with van der Waals surface area (Å²) in [4.78, 5) is 23.7. The number of nitro groups is 1. The van der Waals surface area contributed by atoms with Gasteiger partial charge in [-0.05, 0) is 25.0 Å². The fraction of sp³-hybridized carbons (Fsp3) is 0.533. The van der Waals surface area contributed by atoms with Gasteiger partial charge in [-0.1, -0.05) is 26.7 Å². The molecule has 0 aliphatic carbocycles. The van der Waals surface area contributed by atoms with E-state index in [0.29, 0.717) is 5.69 Å². The molecule has 0 saturated heterocycles. The van der Waals surface area contributed by atoms with Gasteiger partial charge in [0.25, 0.3) is 5.69 Å². The molecule has 0 radical (unpaired) electrons. The van der Waals surface area contributed by atoms with E-state index in [9.17, 15) is 14.9 Å². The first-order chi connectivity index (χ1) is 10.0. The van der Waals surface area contributed by atoms with E-state index in [1.54, 1.807) is 6.07 Å². The van der Waals surface area contributed by atoms with E-state index >= 15 is 0 Å². The molecule has 116 valence electrons. The number of aromatic carboxylic acids is 1. The number of hydrogen-bond donors (Lipinski definition) is 1. The number of hydrogen-bond acceptors (Lipinski definition) is 4. The molecule has 0 saturated carbocycles. The third kappa shape index (κ3) is 4.73. The fourth-order valence-electron chi connectivity index (χ4n) is 2.12. The second-order valence-electron chi connectivity index (χ2n) is 4.96. The number of nitro benzene ring substituents is 1. The lowest BCUT2D eigenvalue weighted by molar-refractivity contribution is -0.384. The molecule has 6 nitrogen and oxygen atoms in total. The van der Waals surface area contributed by atoms with Gasteiger partial charge in [-0.2, -0.15) is 0 Å². The summed E-state index contributed by atoms with van der Waals surface area (Å²) >= 11 is 0. The van der Waals surface area contributed by atoms with Crippen LogP contribution in [0.5, 0.6) is 0 Å². The van der Waals surface area contributed by atoms with E-state index in [-0.39, 0.29) is 11.3 Å². The van der Waals surface area contributed by atoms with E-state index in [2.05, 4.69) is 13.8 Å². The van der Waals surface area contributed by atoms with Crippen LogP contribution < -0.4 is 4.90 Å². The third-order valence-electron chi connectivity index (χ3n) is 3.32. The quantitative estimate of drug-likeness (QED) is 0.554. The highest BCUT2D eigenvalue weighted by atomic mass is 16.6. The van der Waals surface area contributed by atoms with Crippen molar-refractivity contribution in [2.24, 2.45) is 0 Å². The Kier molecular flexibility index (Phi) is 6.65. The number of carboxylic acid groups (broad SMARTS) is 1. The number of rotatable bonds is 9. The summed E-state index contributed by atoms with van der Waals surface area (Å²) < 4.78 is 0. The fourth-order valence-corrected chi connectivity index (χ4v) is 2.12. The van der Waals surface area contributed by atoms with Gasteiger partial charge in [0.2, 0.25) is 0 Å². The van der Waals surface area contributed by atoms with Crippen LogP contribution in [0.15, 0.2) is 18.2 Å². The summed E-state index contributed by atoms with van der Waals surface area (Å²) in [5.74, 6) is -1.15. The predicted octanol–water partition coefficient (Wildman–Crippen LogP) is 3.70. The van der Waals surface area contributed by atoms with Gasteiger partial charge in [0.05, 0.1) is 10.5 Å². The first-order valence-electron chi connectivity index (χ1n) is 7.27. The van der Waals surface area contributed by atoms with Crippen molar-refractivity contribution >= 4 is 17.3 Å². The summed E-state index contributed by atoms with van der Waals surface area (Å²) in [6.07, 6.45) is 3.90. The molecule has 0 amide bonds. The van der Waals surface area contributed by atoms with Crippen molar-refractivity contribution in [3.63, 3.8) is 0 Å². The van der Waals surface area contributed by atoms with Crippen molar-refractivity contribution < 1.29 is 14.8 Å². The van der Waals surface area contributed by atoms with Gasteiger partial charge in [-0.3, -0.25) is 10.1 Å². The predicted molar refractivity (Wildman–Crippen MR) is 82.1 cm³/mol. The van der Waals surface area contributed by atoms with Crippen molar-refractivity contribution in [1.29, 1.82) is 0 Å². The third-order valence-corrected chi connectivity index (χ3v) is 3.32. The van der Waals surface area contributed by atoms with Crippen LogP contribution in [0.4, 0.5) is 11.4 Å². The highest BCUT2D eigenvalue weighted by Gasteiger charge is 2.21. The molecule has 1 aromatic carbocycles. The molecule has 1 aromatic rings. The SMILES string of the molecule is CCCCN(CCCC)c1ccc(C(=O)O)cc1[N+](=O)[O-]. The maximum absolute atomic E-state index is 11.2. The van der Waals surface area contributed by atoms with Crippen LogP contribution in [-0.4, -0.2) is 29.1 Å². The largest absolute Gasteiger partial charge is 0.478 e. The monoisotopic (exact) mass is 294 g/mol. The van der Waals surface area contributed by atoms with Crippen LogP contribution in [0.2, 0.25) is 0 Å². The molecule has 0 aliphatic heterocycles. The number of carboxylic acids is 1. The summed E-state index contributed by atoms with van der Waals surface area (Å²) in [5.41, 5.74) is 0.311. The smallest absolute Gasteiger partial charge is 0.335 e. The Labute approximate surface area is 124 Å². The molecule has 0 spiro atoms. The molecule has 21 heavy (non-hydrogen) atoms. The van der Waals surface area contributed by atoms with Crippen molar-refractivity contribution in [2.75, 3.05) is 18.0 Å². The standard InChI is InChI=1S/C15H22N2O4/c1-3-5-9-16(10-6-4-2)13-8-7-12(15(18)19)11-14(13)17(20)21/h7-8,11H,3-6,9-10H2,1-2H3,(H,18,19).